The Morgan fingerprint density at radius 2 is 2.17 bits per heavy atom. The first kappa shape index (κ1) is 13.6. The van der Waals surface area contributed by atoms with E-state index >= 15 is 0 Å². The Bertz CT molecular complexity index is 352. The molecular weight excluding hydrogens is 224 g/mol. The van der Waals surface area contributed by atoms with Gasteiger partial charge in [-0.3, -0.25) is 9.58 Å². The molecule has 2 rings (SSSR count). The molecule has 1 aromatic heterocycles. The quantitative estimate of drug-likeness (QED) is 0.869. The molecule has 0 amide bonds. The third kappa shape index (κ3) is 3.12. The highest BCUT2D eigenvalue weighted by atomic mass is 15.3. The second-order valence-corrected chi connectivity index (χ2v) is 5.36. The molecule has 1 aliphatic rings. The molecule has 2 heterocycles. The average molecular weight is 250 g/mol. The van der Waals surface area contributed by atoms with Crippen LogP contribution in [0.1, 0.15) is 44.7 Å². The highest BCUT2D eigenvalue weighted by Crippen LogP contribution is 2.27. The van der Waals surface area contributed by atoms with E-state index in [1.54, 1.807) is 0 Å². The second-order valence-electron chi connectivity index (χ2n) is 5.36. The van der Waals surface area contributed by atoms with Gasteiger partial charge < -0.3 is 5.73 Å². The van der Waals surface area contributed by atoms with Crippen LogP contribution >= 0.6 is 0 Å². The fraction of sp³-hybridized carbons (Fsp3) is 0.786. The van der Waals surface area contributed by atoms with Crippen molar-refractivity contribution in [1.82, 2.24) is 14.7 Å². The van der Waals surface area contributed by atoms with Crippen LogP contribution < -0.4 is 5.73 Å². The van der Waals surface area contributed by atoms with Crippen molar-refractivity contribution >= 4 is 0 Å². The lowest BCUT2D eigenvalue weighted by atomic mass is 9.92. The molecule has 0 radical (unpaired) electrons. The minimum absolute atomic E-state index is 0.490. The van der Waals surface area contributed by atoms with Crippen LogP contribution in [0.5, 0.6) is 0 Å². The zero-order valence-corrected chi connectivity index (χ0v) is 11.7. The topological polar surface area (TPSA) is 47.1 Å². The molecule has 102 valence electrons. The van der Waals surface area contributed by atoms with E-state index in [9.17, 15) is 0 Å². The third-order valence-corrected chi connectivity index (χ3v) is 4.23. The van der Waals surface area contributed by atoms with E-state index in [-0.39, 0.29) is 0 Å². The van der Waals surface area contributed by atoms with Crippen LogP contribution in [0.4, 0.5) is 0 Å². The molecule has 18 heavy (non-hydrogen) atoms. The highest BCUT2D eigenvalue weighted by Gasteiger charge is 2.23. The number of piperidine rings is 1. The minimum Gasteiger partial charge on any atom is -0.330 e. The summed E-state index contributed by atoms with van der Waals surface area (Å²) in [5.41, 5.74) is 6.98. The average Bonchev–Trinajstić information content (AvgIpc) is 2.88. The van der Waals surface area contributed by atoms with Gasteiger partial charge in [0.05, 0.1) is 6.20 Å². The molecule has 0 aliphatic carbocycles. The molecule has 1 aliphatic heterocycles. The fourth-order valence-corrected chi connectivity index (χ4v) is 2.84. The zero-order chi connectivity index (χ0) is 13.0. The fourth-order valence-electron chi connectivity index (χ4n) is 2.84. The van der Waals surface area contributed by atoms with Crippen molar-refractivity contribution in [3.8, 4) is 0 Å². The summed E-state index contributed by atoms with van der Waals surface area (Å²) in [6.45, 7) is 8.60. The van der Waals surface area contributed by atoms with E-state index < -0.39 is 0 Å². The summed E-state index contributed by atoms with van der Waals surface area (Å²) in [4.78, 5) is 2.57. The smallest absolute Gasteiger partial charge is 0.0537 e. The summed E-state index contributed by atoms with van der Waals surface area (Å²) >= 11 is 0. The summed E-state index contributed by atoms with van der Waals surface area (Å²) in [6.07, 6.45) is 7.97. The molecule has 1 fully saturated rings. The van der Waals surface area contributed by atoms with Crippen molar-refractivity contribution < 1.29 is 0 Å². The zero-order valence-electron chi connectivity index (χ0n) is 11.7. The van der Waals surface area contributed by atoms with Crippen molar-refractivity contribution in [2.75, 3.05) is 19.6 Å². The van der Waals surface area contributed by atoms with Crippen LogP contribution in [0.25, 0.3) is 0 Å². The van der Waals surface area contributed by atoms with Crippen molar-refractivity contribution in [3.63, 3.8) is 0 Å². The second kappa shape index (κ2) is 6.34. The number of likely N-dealkylation sites (tertiary alicyclic amines) is 1. The van der Waals surface area contributed by atoms with Crippen molar-refractivity contribution in [1.29, 1.82) is 0 Å². The Hall–Kier alpha value is -0.870. The largest absolute Gasteiger partial charge is 0.330 e. The van der Waals surface area contributed by atoms with Gasteiger partial charge in [-0.25, -0.2) is 0 Å². The van der Waals surface area contributed by atoms with Crippen LogP contribution in [-0.2, 0) is 6.54 Å². The van der Waals surface area contributed by atoms with Gasteiger partial charge in [-0.2, -0.15) is 5.10 Å². The third-order valence-electron chi connectivity index (χ3n) is 4.23. The number of hydrogen-bond donors (Lipinski definition) is 1. The Kier molecular flexibility index (Phi) is 4.78. The van der Waals surface area contributed by atoms with Gasteiger partial charge in [-0.1, -0.05) is 0 Å². The molecular formula is C14H26N4. The predicted molar refractivity (Wildman–Crippen MR) is 74.3 cm³/mol. The van der Waals surface area contributed by atoms with Gasteiger partial charge in [0, 0.05) is 24.3 Å². The first-order chi connectivity index (χ1) is 8.74. The standard InChI is InChI=1S/C14H26N4/c1-3-18-11-14(10-16-18)12(2)17-8-5-13(4-7-15)6-9-17/h10-13H,3-9,15H2,1-2H3. The Morgan fingerprint density at radius 1 is 1.44 bits per heavy atom. The first-order valence-electron chi connectivity index (χ1n) is 7.21. The number of nitrogens with zero attached hydrogens (tertiary/aromatic N) is 3. The summed E-state index contributed by atoms with van der Waals surface area (Å²) in [5, 5.41) is 4.37. The normalized spacial score (nSPS) is 20.2. The summed E-state index contributed by atoms with van der Waals surface area (Å²) in [5.74, 6) is 0.844. The summed E-state index contributed by atoms with van der Waals surface area (Å²) < 4.78 is 2.01. The van der Waals surface area contributed by atoms with E-state index in [1.807, 2.05) is 10.9 Å². The molecule has 0 spiro atoms. The number of aryl methyl sites for hydroxylation is 1. The van der Waals surface area contributed by atoms with E-state index in [1.165, 1.54) is 37.9 Å². The maximum Gasteiger partial charge on any atom is 0.0537 e. The Morgan fingerprint density at radius 3 is 2.72 bits per heavy atom. The predicted octanol–water partition coefficient (Wildman–Crippen LogP) is 2.02. The number of nitrogens with two attached hydrogens (primary N) is 1. The lowest BCUT2D eigenvalue weighted by molar-refractivity contribution is 0.138. The molecule has 1 saturated heterocycles. The van der Waals surface area contributed by atoms with Gasteiger partial charge in [-0.15, -0.1) is 0 Å². The molecule has 4 heteroatoms. The van der Waals surface area contributed by atoms with Gasteiger partial charge in [-0.05, 0) is 58.7 Å². The monoisotopic (exact) mass is 250 g/mol. The summed E-state index contributed by atoms with van der Waals surface area (Å²) in [6, 6.07) is 0.490. The Labute approximate surface area is 110 Å². The molecule has 0 saturated carbocycles. The van der Waals surface area contributed by atoms with Crippen LogP contribution in [0.3, 0.4) is 0 Å². The number of hydrogen-bond acceptors (Lipinski definition) is 3. The minimum atomic E-state index is 0.490. The van der Waals surface area contributed by atoms with Gasteiger partial charge in [0.25, 0.3) is 0 Å². The molecule has 1 atom stereocenters. The van der Waals surface area contributed by atoms with Crippen molar-refractivity contribution in [2.45, 2.75) is 45.7 Å². The number of aromatic nitrogens is 2. The SMILES string of the molecule is CCn1cc(C(C)N2CCC(CCN)CC2)cn1. The lowest BCUT2D eigenvalue weighted by Crippen LogP contribution is -2.36. The molecule has 0 bridgehead atoms. The maximum absolute atomic E-state index is 5.64. The van der Waals surface area contributed by atoms with Crippen LogP contribution in [0.2, 0.25) is 0 Å². The van der Waals surface area contributed by atoms with E-state index in [0.717, 1.165) is 19.0 Å². The molecule has 1 unspecified atom stereocenters. The van der Waals surface area contributed by atoms with E-state index in [0.29, 0.717) is 6.04 Å². The van der Waals surface area contributed by atoms with E-state index in [4.69, 9.17) is 5.73 Å². The van der Waals surface area contributed by atoms with Gasteiger partial charge in [0.2, 0.25) is 0 Å². The van der Waals surface area contributed by atoms with Crippen molar-refractivity contribution in [2.24, 2.45) is 11.7 Å². The highest BCUT2D eigenvalue weighted by molar-refractivity contribution is 5.09. The van der Waals surface area contributed by atoms with Crippen LogP contribution in [0, 0.1) is 5.92 Å². The number of rotatable bonds is 5. The molecule has 1 aromatic rings. The lowest BCUT2D eigenvalue weighted by Gasteiger charge is -2.35. The molecule has 4 nitrogen and oxygen atoms in total. The first-order valence-corrected chi connectivity index (χ1v) is 7.21. The van der Waals surface area contributed by atoms with Gasteiger partial charge >= 0.3 is 0 Å². The van der Waals surface area contributed by atoms with Crippen LogP contribution in [-0.4, -0.2) is 34.3 Å². The maximum atomic E-state index is 5.64. The van der Waals surface area contributed by atoms with E-state index in [2.05, 4.69) is 30.0 Å². The summed E-state index contributed by atoms with van der Waals surface area (Å²) in [7, 11) is 0. The molecule has 0 aromatic carbocycles. The van der Waals surface area contributed by atoms with Crippen LogP contribution in [0.15, 0.2) is 12.4 Å². The van der Waals surface area contributed by atoms with Gasteiger partial charge in [0.1, 0.15) is 0 Å². The van der Waals surface area contributed by atoms with Crippen molar-refractivity contribution in [3.05, 3.63) is 18.0 Å². The Balaban J connectivity index is 1.88. The molecule has 2 N–H and O–H groups in total. The van der Waals surface area contributed by atoms with Gasteiger partial charge in [0.15, 0.2) is 0 Å².